The van der Waals surface area contributed by atoms with E-state index >= 15 is 0 Å². The fourth-order valence-corrected chi connectivity index (χ4v) is 2.43. The van der Waals surface area contributed by atoms with Crippen LogP contribution >= 0.6 is 27.5 Å². The van der Waals surface area contributed by atoms with E-state index in [1.807, 2.05) is 0 Å². The van der Waals surface area contributed by atoms with Crippen molar-refractivity contribution in [3.05, 3.63) is 69.7 Å². The van der Waals surface area contributed by atoms with Gasteiger partial charge in [0.15, 0.2) is 0 Å². The normalized spacial score (nSPS) is 12.4. The van der Waals surface area contributed by atoms with E-state index < -0.39 is 5.38 Å². The van der Waals surface area contributed by atoms with Gasteiger partial charge in [-0.2, -0.15) is 0 Å². The van der Waals surface area contributed by atoms with Gasteiger partial charge >= 0.3 is 0 Å². The highest BCUT2D eigenvalue weighted by Crippen LogP contribution is 2.30. The molecule has 0 aliphatic heterocycles. The van der Waals surface area contributed by atoms with E-state index in [9.17, 15) is 8.78 Å². The fourth-order valence-electron chi connectivity index (χ4n) is 1.72. The van der Waals surface area contributed by atoms with Gasteiger partial charge in [0.05, 0.1) is 5.38 Å². The van der Waals surface area contributed by atoms with Crippen LogP contribution in [0, 0.1) is 11.6 Å². The number of alkyl halides is 1. The molecule has 0 aliphatic carbocycles. The van der Waals surface area contributed by atoms with E-state index in [0.29, 0.717) is 11.1 Å². The maximum absolute atomic E-state index is 13.6. The van der Waals surface area contributed by atoms with Gasteiger partial charge in [0.25, 0.3) is 0 Å². The highest BCUT2D eigenvalue weighted by molar-refractivity contribution is 9.10. The smallest absolute Gasteiger partial charge is 0.127 e. The van der Waals surface area contributed by atoms with Gasteiger partial charge in [0, 0.05) is 10.0 Å². The summed E-state index contributed by atoms with van der Waals surface area (Å²) in [5.41, 5.74) is 0.853. The van der Waals surface area contributed by atoms with E-state index in [1.165, 1.54) is 12.1 Å². The molecule has 2 rings (SSSR count). The molecule has 2 aromatic rings. The summed E-state index contributed by atoms with van der Waals surface area (Å²) < 4.78 is 27.9. The first-order chi connectivity index (χ1) is 8.58. The van der Waals surface area contributed by atoms with Gasteiger partial charge in [-0.25, -0.2) is 8.78 Å². The van der Waals surface area contributed by atoms with Gasteiger partial charge < -0.3 is 0 Å². The summed E-state index contributed by atoms with van der Waals surface area (Å²) in [5, 5.41) is -0.598. The standard InChI is InChI=1S/C14H10BrClF2/c15-10-5-6-14(18)11(8-10)12(16)7-9-3-1-2-4-13(9)17/h1-6,8,12H,7H2. The molecule has 4 heteroatoms. The molecule has 0 aliphatic rings. The molecule has 0 radical (unpaired) electrons. The summed E-state index contributed by atoms with van der Waals surface area (Å²) in [4.78, 5) is 0. The van der Waals surface area contributed by atoms with Crippen molar-refractivity contribution in [3.63, 3.8) is 0 Å². The second kappa shape index (κ2) is 5.81. The van der Waals surface area contributed by atoms with Crippen LogP contribution in [-0.2, 0) is 6.42 Å². The SMILES string of the molecule is Fc1ccccc1CC(Cl)c1cc(Br)ccc1F. The van der Waals surface area contributed by atoms with Crippen LogP contribution in [0.25, 0.3) is 0 Å². The highest BCUT2D eigenvalue weighted by atomic mass is 79.9. The number of halogens is 4. The summed E-state index contributed by atoms with van der Waals surface area (Å²) in [7, 11) is 0. The zero-order valence-corrected chi connectivity index (χ0v) is 11.7. The Morgan fingerprint density at radius 1 is 1.06 bits per heavy atom. The predicted molar refractivity (Wildman–Crippen MR) is 72.8 cm³/mol. The minimum Gasteiger partial charge on any atom is -0.207 e. The van der Waals surface area contributed by atoms with E-state index in [4.69, 9.17) is 11.6 Å². The van der Waals surface area contributed by atoms with Crippen LogP contribution in [0.3, 0.4) is 0 Å². The van der Waals surface area contributed by atoms with Crippen molar-refractivity contribution < 1.29 is 8.78 Å². The van der Waals surface area contributed by atoms with Crippen molar-refractivity contribution in [1.82, 2.24) is 0 Å². The van der Waals surface area contributed by atoms with Gasteiger partial charge in [0.1, 0.15) is 11.6 Å². The molecule has 0 fully saturated rings. The van der Waals surface area contributed by atoms with E-state index in [-0.39, 0.29) is 18.1 Å². The summed E-state index contributed by atoms with van der Waals surface area (Å²) >= 11 is 9.43. The fraction of sp³-hybridized carbons (Fsp3) is 0.143. The number of hydrogen-bond donors (Lipinski definition) is 0. The van der Waals surface area contributed by atoms with Crippen LogP contribution in [0.1, 0.15) is 16.5 Å². The van der Waals surface area contributed by atoms with Gasteiger partial charge in [-0.1, -0.05) is 34.1 Å². The van der Waals surface area contributed by atoms with Crippen molar-refractivity contribution in [2.24, 2.45) is 0 Å². The maximum Gasteiger partial charge on any atom is 0.127 e. The van der Waals surface area contributed by atoms with E-state index in [1.54, 1.807) is 30.3 Å². The number of hydrogen-bond acceptors (Lipinski definition) is 0. The maximum atomic E-state index is 13.6. The first-order valence-corrected chi connectivity index (χ1v) is 6.63. The molecule has 0 heterocycles. The Bertz CT molecular complexity index is 557. The minimum absolute atomic E-state index is 0.252. The molecule has 1 unspecified atom stereocenters. The number of benzene rings is 2. The molecule has 0 amide bonds. The Kier molecular flexibility index (Phi) is 4.36. The molecule has 0 saturated carbocycles. The average Bonchev–Trinajstić information content (AvgIpc) is 2.35. The molecule has 18 heavy (non-hydrogen) atoms. The highest BCUT2D eigenvalue weighted by Gasteiger charge is 2.15. The zero-order valence-electron chi connectivity index (χ0n) is 9.34. The summed E-state index contributed by atoms with van der Waals surface area (Å²) in [6.45, 7) is 0. The molecule has 0 aromatic heterocycles. The van der Waals surface area contributed by atoms with Crippen LogP contribution in [-0.4, -0.2) is 0 Å². The molecule has 0 nitrogen and oxygen atoms in total. The van der Waals surface area contributed by atoms with Gasteiger partial charge in [0.2, 0.25) is 0 Å². The molecule has 0 N–H and O–H groups in total. The number of rotatable bonds is 3. The Labute approximate surface area is 118 Å². The molecule has 0 saturated heterocycles. The molecule has 1 atom stereocenters. The van der Waals surface area contributed by atoms with E-state index in [2.05, 4.69) is 15.9 Å². The first kappa shape index (κ1) is 13.5. The van der Waals surface area contributed by atoms with E-state index in [0.717, 1.165) is 4.47 Å². The largest absolute Gasteiger partial charge is 0.207 e. The van der Waals surface area contributed by atoms with Crippen molar-refractivity contribution in [3.8, 4) is 0 Å². The van der Waals surface area contributed by atoms with Crippen molar-refractivity contribution in [1.29, 1.82) is 0 Å². The lowest BCUT2D eigenvalue weighted by Gasteiger charge is -2.12. The van der Waals surface area contributed by atoms with Gasteiger partial charge in [-0.05, 0) is 36.2 Å². The first-order valence-electron chi connectivity index (χ1n) is 5.40. The summed E-state index contributed by atoms with van der Waals surface area (Å²) in [6.07, 6.45) is 0.252. The van der Waals surface area contributed by atoms with Crippen LogP contribution < -0.4 is 0 Å². The monoisotopic (exact) mass is 330 g/mol. The zero-order chi connectivity index (χ0) is 13.1. The molecular formula is C14H10BrClF2. The minimum atomic E-state index is -0.598. The molecule has 0 bridgehead atoms. The molecule has 94 valence electrons. The third kappa shape index (κ3) is 3.09. The predicted octanol–water partition coefficient (Wildman–Crippen LogP) is 5.25. The second-order valence-electron chi connectivity index (χ2n) is 3.93. The summed E-state index contributed by atoms with van der Waals surface area (Å²) in [5.74, 6) is -0.701. The molecule has 0 spiro atoms. The lowest BCUT2D eigenvalue weighted by atomic mass is 10.0. The quantitative estimate of drug-likeness (QED) is 0.674. The Hall–Kier alpha value is -0.930. The third-order valence-corrected chi connectivity index (χ3v) is 3.54. The third-order valence-electron chi connectivity index (χ3n) is 2.65. The van der Waals surface area contributed by atoms with Crippen molar-refractivity contribution >= 4 is 27.5 Å². The van der Waals surface area contributed by atoms with Crippen LogP contribution in [0.2, 0.25) is 0 Å². The Morgan fingerprint density at radius 3 is 2.50 bits per heavy atom. The molecular weight excluding hydrogens is 322 g/mol. The van der Waals surface area contributed by atoms with Crippen molar-refractivity contribution in [2.45, 2.75) is 11.8 Å². The topological polar surface area (TPSA) is 0 Å². The van der Waals surface area contributed by atoms with Gasteiger partial charge in [-0.15, -0.1) is 11.6 Å². The van der Waals surface area contributed by atoms with Crippen molar-refractivity contribution in [2.75, 3.05) is 0 Å². The second-order valence-corrected chi connectivity index (χ2v) is 5.37. The average molecular weight is 332 g/mol. The van der Waals surface area contributed by atoms with Crippen LogP contribution in [0.15, 0.2) is 46.9 Å². The lowest BCUT2D eigenvalue weighted by Crippen LogP contribution is -2.01. The lowest BCUT2D eigenvalue weighted by molar-refractivity contribution is 0.591. The molecule has 2 aromatic carbocycles. The van der Waals surface area contributed by atoms with Crippen LogP contribution in [0.4, 0.5) is 8.78 Å². The van der Waals surface area contributed by atoms with Gasteiger partial charge in [-0.3, -0.25) is 0 Å². The summed E-state index contributed by atoms with van der Waals surface area (Å²) in [6, 6.07) is 10.9. The Morgan fingerprint density at radius 2 is 1.78 bits per heavy atom. The van der Waals surface area contributed by atoms with Crippen LogP contribution in [0.5, 0.6) is 0 Å². The Balaban J connectivity index is 2.25.